The summed E-state index contributed by atoms with van der Waals surface area (Å²) in [5.41, 5.74) is 1.11. The van der Waals surface area contributed by atoms with Gasteiger partial charge in [0.2, 0.25) is 5.91 Å². The maximum Gasteiger partial charge on any atom is 0.243 e. The normalized spacial score (nSPS) is 10.2. The van der Waals surface area contributed by atoms with Crippen molar-refractivity contribution in [2.75, 3.05) is 0 Å². The Bertz CT molecular complexity index is 290. The lowest BCUT2D eigenvalue weighted by molar-refractivity contribution is -0.116. The lowest BCUT2D eigenvalue weighted by Crippen LogP contribution is -2.19. The van der Waals surface area contributed by atoms with Gasteiger partial charge in [0, 0.05) is 6.54 Å². The standard InChI is InChI=1S/C11H13NO/c1-2-6-11(13)12-9-10-7-4-3-5-8-10/h2-8H,9H2,1H3,(H,12,13)/b6-2-. The van der Waals surface area contributed by atoms with Crippen molar-refractivity contribution in [2.24, 2.45) is 0 Å². The van der Waals surface area contributed by atoms with Gasteiger partial charge < -0.3 is 5.32 Å². The molecule has 0 aromatic heterocycles. The summed E-state index contributed by atoms with van der Waals surface area (Å²) in [4.78, 5) is 11.0. The van der Waals surface area contributed by atoms with Gasteiger partial charge in [-0.2, -0.15) is 0 Å². The molecule has 0 spiro atoms. The maximum absolute atomic E-state index is 11.0. The molecule has 2 nitrogen and oxygen atoms in total. The molecule has 1 aromatic carbocycles. The van der Waals surface area contributed by atoms with Crippen LogP contribution in [0.3, 0.4) is 0 Å². The van der Waals surface area contributed by atoms with Crippen LogP contribution in [0.2, 0.25) is 0 Å². The molecule has 13 heavy (non-hydrogen) atoms. The monoisotopic (exact) mass is 175 g/mol. The van der Waals surface area contributed by atoms with Crippen molar-refractivity contribution in [3.05, 3.63) is 48.0 Å². The SMILES string of the molecule is C/C=C\C(=O)NCc1ccccc1. The second-order valence-electron chi connectivity index (χ2n) is 2.70. The third kappa shape index (κ3) is 3.56. The van der Waals surface area contributed by atoms with E-state index in [-0.39, 0.29) is 5.91 Å². The van der Waals surface area contributed by atoms with Crippen molar-refractivity contribution < 1.29 is 4.79 Å². The van der Waals surface area contributed by atoms with E-state index in [0.717, 1.165) is 5.56 Å². The molecular weight excluding hydrogens is 162 g/mol. The van der Waals surface area contributed by atoms with Gasteiger partial charge in [-0.25, -0.2) is 0 Å². The Balaban J connectivity index is 2.40. The highest BCUT2D eigenvalue weighted by molar-refractivity contribution is 5.87. The Hall–Kier alpha value is -1.57. The van der Waals surface area contributed by atoms with E-state index in [1.54, 1.807) is 6.08 Å². The molecule has 0 radical (unpaired) electrons. The molecule has 0 unspecified atom stereocenters. The van der Waals surface area contributed by atoms with Crippen LogP contribution in [0, 0.1) is 0 Å². The van der Waals surface area contributed by atoms with Gasteiger partial charge in [-0.1, -0.05) is 36.4 Å². The summed E-state index contributed by atoms with van der Waals surface area (Å²) in [7, 11) is 0. The van der Waals surface area contributed by atoms with Crippen molar-refractivity contribution in [2.45, 2.75) is 13.5 Å². The number of carbonyl (C=O) groups excluding carboxylic acids is 1. The fraction of sp³-hybridized carbons (Fsp3) is 0.182. The van der Waals surface area contributed by atoms with Crippen LogP contribution in [0.25, 0.3) is 0 Å². The Morgan fingerprint density at radius 3 is 2.69 bits per heavy atom. The van der Waals surface area contributed by atoms with Crippen LogP contribution in [-0.4, -0.2) is 5.91 Å². The second-order valence-corrected chi connectivity index (χ2v) is 2.70. The zero-order valence-corrected chi connectivity index (χ0v) is 7.66. The molecule has 1 amide bonds. The molecule has 0 aliphatic rings. The highest BCUT2D eigenvalue weighted by atomic mass is 16.1. The Kier molecular flexibility index (Phi) is 3.76. The predicted molar refractivity (Wildman–Crippen MR) is 53.1 cm³/mol. The van der Waals surface area contributed by atoms with Gasteiger partial charge in [0.1, 0.15) is 0 Å². The highest BCUT2D eigenvalue weighted by Crippen LogP contribution is 1.96. The minimum Gasteiger partial charge on any atom is -0.348 e. The molecule has 0 saturated carbocycles. The van der Waals surface area contributed by atoms with E-state index < -0.39 is 0 Å². The first-order valence-electron chi connectivity index (χ1n) is 4.27. The Morgan fingerprint density at radius 1 is 1.38 bits per heavy atom. The third-order valence-corrected chi connectivity index (χ3v) is 1.63. The van der Waals surface area contributed by atoms with Gasteiger partial charge in [-0.3, -0.25) is 4.79 Å². The smallest absolute Gasteiger partial charge is 0.243 e. The maximum atomic E-state index is 11.0. The zero-order chi connectivity index (χ0) is 9.52. The molecule has 0 heterocycles. The van der Waals surface area contributed by atoms with Crippen molar-refractivity contribution in [3.63, 3.8) is 0 Å². The van der Waals surface area contributed by atoms with E-state index in [0.29, 0.717) is 6.54 Å². The van der Waals surface area contributed by atoms with Gasteiger partial charge in [-0.05, 0) is 18.6 Å². The average molecular weight is 175 g/mol. The van der Waals surface area contributed by atoms with Gasteiger partial charge in [-0.15, -0.1) is 0 Å². The van der Waals surface area contributed by atoms with Crippen molar-refractivity contribution in [3.8, 4) is 0 Å². The molecule has 2 heteroatoms. The summed E-state index contributed by atoms with van der Waals surface area (Å²) >= 11 is 0. The molecule has 1 aromatic rings. The highest BCUT2D eigenvalue weighted by Gasteiger charge is 1.93. The topological polar surface area (TPSA) is 29.1 Å². The zero-order valence-electron chi connectivity index (χ0n) is 7.66. The molecular formula is C11H13NO. The number of carbonyl (C=O) groups is 1. The van der Waals surface area contributed by atoms with Gasteiger partial charge in [0.05, 0.1) is 0 Å². The molecule has 1 N–H and O–H groups in total. The fourth-order valence-electron chi connectivity index (χ4n) is 0.995. The van der Waals surface area contributed by atoms with Gasteiger partial charge in [0.15, 0.2) is 0 Å². The molecule has 1 rings (SSSR count). The number of allylic oxidation sites excluding steroid dienone is 1. The number of hydrogen-bond donors (Lipinski definition) is 1. The lowest BCUT2D eigenvalue weighted by atomic mass is 10.2. The van der Waals surface area contributed by atoms with E-state index in [9.17, 15) is 4.79 Å². The van der Waals surface area contributed by atoms with Crippen LogP contribution >= 0.6 is 0 Å². The fourth-order valence-corrected chi connectivity index (χ4v) is 0.995. The van der Waals surface area contributed by atoms with Crippen molar-refractivity contribution >= 4 is 5.91 Å². The summed E-state index contributed by atoms with van der Waals surface area (Å²) in [5, 5.41) is 2.77. The van der Waals surface area contributed by atoms with E-state index in [1.807, 2.05) is 37.3 Å². The Morgan fingerprint density at radius 2 is 2.08 bits per heavy atom. The Labute approximate surface area is 78.3 Å². The number of hydrogen-bond acceptors (Lipinski definition) is 1. The molecule has 0 atom stereocenters. The summed E-state index contributed by atoms with van der Waals surface area (Å²) in [6.07, 6.45) is 3.24. The second kappa shape index (κ2) is 5.14. The first kappa shape index (κ1) is 9.52. The van der Waals surface area contributed by atoms with Crippen LogP contribution in [-0.2, 0) is 11.3 Å². The van der Waals surface area contributed by atoms with E-state index in [2.05, 4.69) is 5.32 Å². The molecule has 0 aliphatic heterocycles. The van der Waals surface area contributed by atoms with E-state index >= 15 is 0 Å². The number of benzene rings is 1. The van der Waals surface area contributed by atoms with E-state index in [4.69, 9.17) is 0 Å². The summed E-state index contributed by atoms with van der Waals surface area (Å²) < 4.78 is 0. The minimum atomic E-state index is -0.0497. The first-order valence-corrected chi connectivity index (χ1v) is 4.27. The molecule has 68 valence electrons. The average Bonchev–Trinajstić information content (AvgIpc) is 2.17. The molecule has 0 saturated heterocycles. The quantitative estimate of drug-likeness (QED) is 0.698. The van der Waals surface area contributed by atoms with Crippen LogP contribution in [0.5, 0.6) is 0 Å². The summed E-state index contributed by atoms with van der Waals surface area (Å²) in [6.45, 7) is 2.41. The largest absolute Gasteiger partial charge is 0.348 e. The predicted octanol–water partition coefficient (Wildman–Crippen LogP) is 1.88. The summed E-state index contributed by atoms with van der Waals surface area (Å²) in [6, 6.07) is 9.83. The van der Waals surface area contributed by atoms with Gasteiger partial charge >= 0.3 is 0 Å². The molecule has 0 fully saturated rings. The first-order chi connectivity index (χ1) is 6.33. The summed E-state index contributed by atoms with van der Waals surface area (Å²) in [5.74, 6) is -0.0497. The number of rotatable bonds is 3. The van der Waals surface area contributed by atoms with Gasteiger partial charge in [0.25, 0.3) is 0 Å². The third-order valence-electron chi connectivity index (χ3n) is 1.63. The van der Waals surface area contributed by atoms with E-state index in [1.165, 1.54) is 6.08 Å². The van der Waals surface area contributed by atoms with Crippen LogP contribution < -0.4 is 5.32 Å². The van der Waals surface area contributed by atoms with Crippen LogP contribution in [0.15, 0.2) is 42.5 Å². The molecule has 0 aliphatic carbocycles. The van der Waals surface area contributed by atoms with Crippen LogP contribution in [0.1, 0.15) is 12.5 Å². The minimum absolute atomic E-state index is 0.0497. The van der Waals surface area contributed by atoms with Crippen molar-refractivity contribution in [1.82, 2.24) is 5.32 Å². The van der Waals surface area contributed by atoms with Crippen molar-refractivity contribution in [1.29, 1.82) is 0 Å². The number of amides is 1. The molecule has 0 bridgehead atoms. The lowest BCUT2D eigenvalue weighted by Gasteiger charge is -2.01. The number of nitrogens with one attached hydrogen (secondary N) is 1. The van der Waals surface area contributed by atoms with Crippen LogP contribution in [0.4, 0.5) is 0 Å².